The molecule has 0 saturated heterocycles. The number of carbonyl (C=O) groups is 2. The molecule has 7 heteroatoms. The van der Waals surface area contributed by atoms with E-state index in [0.29, 0.717) is 19.5 Å². The van der Waals surface area contributed by atoms with Crippen LogP contribution in [0.2, 0.25) is 0 Å². The first-order chi connectivity index (χ1) is 13.5. The van der Waals surface area contributed by atoms with E-state index in [2.05, 4.69) is 12.2 Å². The molecule has 0 aliphatic rings. The summed E-state index contributed by atoms with van der Waals surface area (Å²) in [5.74, 6) is -0.983. The molecule has 0 aliphatic carbocycles. The van der Waals surface area contributed by atoms with Crippen molar-refractivity contribution in [2.24, 2.45) is 0 Å². The van der Waals surface area contributed by atoms with Crippen molar-refractivity contribution in [1.29, 1.82) is 0 Å². The van der Waals surface area contributed by atoms with Crippen molar-refractivity contribution in [2.45, 2.75) is 110 Å². The number of hydrogen-bond acceptors (Lipinski definition) is 4. The quantitative estimate of drug-likeness (QED) is 0.158. The summed E-state index contributed by atoms with van der Waals surface area (Å²) in [5.41, 5.74) is 0. The summed E-state index contributed by atoms with van der Waals surface area (Å²) in [5, 5.41) is 21.1. The predicted octanol–water partition coefficient (Wildman–Crippen LogP) is 3.66. The van der Waals surface area contributed by atoms with Gasteiger partial charge in [0.1, 0.15) is 6.23 Å². The first-order valence-corrected chi connectivity index (χ1v) is 11.4. The van der Waals surface area contributed by atoms with Gasteiger partial charge in [0.05, 0.1) is 6.54 Å². The number of hydrogen-bond donors (Lipinski definition) is 3. The fourth-order valence-corrected chi connectivity index (χ4v) is 3.30. The summed E-state index contributed by atoms with van der Waals surface area (Å²) >= 11 is 0. The van der Waals surface area contributed by atoms with Crippen LogP contribution in [0, 0.1) is 0 Å². The average molecular weight is 425 g/mol. The van der Waals surface area contributed by atoms with Crippen LogP contribution in [0.4, 0.5) is 0 Å². The summed E-state index contributed by atoms with van der Waals surface area (Å²) in [7, 11) is 0. The molecule has 1 unspecified atom stereocenters. The molecule has 168 valence electrons. The fraction of sp³-hybridized carbons (Fsp3) is 0.909. The van der Waals surface area contributed by atoms with Crippen molar-refractivity contribution in [3.05, 3.63) is 0 Å². The number of aliphatic hydroxyl groups excluding tert-OH is 1. The number of aliphatic carboxylic acids is 1. The van der Waals surface area contributed by atoms with E-state index in [0.717, 1.165) is 12.8 Å². The van der Waals surface area contributed by atoms with Crippen molar-refractivity contribution < 1.29 is 19.8 Å². The van der Waals surface area contributed by atoms with Gasteiger partial charge in [0.2, 0.25) is 5.91 Å². The Bertz CT molecular complexity index is 395. The van der Waals surface area contributed by atoms with E-state index in [-0.39, 0.29) is 42.0 Å². The molecule has 0 aromatic carbocycles. The number of carboxylic acids is 1. The van der Waals surface area contributed by atoms with Crippen LogP contribution in [-0.4, -0.2) is 82.4 Å². The van der Waals surface area contributed by atoms with Crippen LogP contribution in [0.15, 0.2) is 0 Å². The van der Waals surface area contributed by atoms with Gasteiger partial charge < -0.3 is 15.5 Å². The Balaban J connectivity index is 0. The maximum absolute atomic E-state index is 11.8. The Hall–Kier alpha value is -0.140. The van der Waals surface area contributed by atoms with Crippen LogP contribution in [-0.2, 0) is 9.59 Å². The standard InChI is InChI=1S/C22H44N2O4.Na.H/c1-3-4-5-6-7-8-9-10-11-12-13-14-15-16-21(26)23-17-18-24(20(2)25)19-22(27)28;;/h20,25H,3-19H2,1-2H3,(H,23,26)(H,27,28);;. The van der Waals surface area contributed by atoms with Gasteiger partial charge in [-0.1, -0.05) is 84.0 Å². The van der Waals surface area contributed by atoms with Gasteiger partial charge in [0.15, 0.2) is 0 Å². The van der Waals surface area contributed by atoms with Gasteiger partial charge in [-0.2, -0.15) is 0 Å². The number of carboxylic acid groups (broad SMARTS) is 1. The van der Waals surface area contributed by atoms with E-state index in [1.54, 1.807) is 0 Å². The molecule has 0 spiro atoms. The summed E-state index contributed by atoms with van der Waals surface area (Å²) < 4.78 is 0. The number of unbranched alkanes of at least 4 members (excludes halogenated alkanes) is 12. The second-order valence-corrected chi connectivity index (χ2v) is 7.84. The SMILES string of the molecule is CCCCCCCCCCCCCCCC(=O)NCCN(CC(=O)O)C(C)O.[NaH]. The van der Waals surface area contributed by atoms with Crippen molar-refractivity contribution in [3.63, 3.8) is 0 Å². The van der Waals surface area contributed by atoms with Crippen molar-refractivity contribution in [2.75, 3.05) is 19.6 Å². The van der Waals surface area contributed by atoms with Crippen LogP contribution in [0.1, 0.15) is 104 Å². The number of aliphatic hydroxyl groups is 1. The zero-order valence-electron chi connectivity index (χ0n) is 18.3. The molecule has 0 aromatic heterocycles. The molecule has 0 radical (unpaired) electrons. The molecule has 1 atom stereocenters. The Kier molecular flexibility index (Phi) is 24.1. The van der Waals surface area contributed by atoms with E-state index >= 15 is 0 Å². The summed E-state index contributed by atoms with van der Waals surface area (Å²) in [6, 6.07) is 0. The molecule has 0 heterocycles. The van der Waals surface area contributed by atoms with Crippen LogP contribution < -0.4 is 5.32 Å². The normalized spacial score (nSPS) is 11.9. The number of nitrogens with one attached hydrogen (secondary N) is 1. The Labute approximate surface area is 200 Å². The van der Waals surface area contributed by atoms with Gasteiger partial charge in [0.25, 0.3) is 0 Å². The third-order valence-electron chi connectivity index (χ3n) is 5.10. The predicted molar refractivity (Wildman–Crippen MR) is 121 cm³/mol. The van der Waals surface area contributed by atoms with E-state index in [9.17, 15) is 14.7 Å². The molecule has 0 saturated carbocycles. The minimum atomic E-state index is -0.987. The van der Waals surface area contributed by atoms with E-state index in [1.165, 1.54) is 82.5 Å². The van der Waals surface area contributed by atoms with Gasteiger partial charge in [-0.15, -0.1) is 0 Å². The van der Waals surface area contributed by atoms with Crippen LogP contribution in [0.5, 0.6) is 0 Å². The molecule has 29 heavy (non-hydrogen) atoms. The summed E-state index contributed by atoms with van der Waals surface area (Å²) in [6.07, 6.45) is 16.4. The zero-order valence-corrected chi connectivity index (χ0v) is 18.3. The van der Waals surface area contributed by atoms with Gasteiger partial charge in [0, 0.05) is 19.5 Å². The minimum absolute atomic E-state index is 0. The van der Waals surface area contributed by atoms with Gasteiger partial charge >= 0.3 is 35.5 Å². The second kappa shape index (κ2) is 22.5. The maximum atomic E-state index is 11.8. The van der Waals surface area contributed by atoms with E-state index < -0.39 is 12.2 Å². The van der Waals surface area contributed by atoms with Gasteiger partial charge in [-0.05, 0) is 13.3 Å². The molecule has 0 fully saturated rings. The molecule has 1 amide bonds. The van der Waals surface area contributed by atoms with E-state index in [4.69, 9.17) is 5.11 Å². The summed E-state index contributed by atoms with van der Waals surface area (Å²) in [4.78, 5) is 23.9. The number of amides is 1. The molecule has 3 N–H and O–H groups in total. The van der Waals surface area contributed by atoms with Gasteiger partial charge in [-0.25, -0.2) is 0 Å². The Morgan fingerprint density at radius 1 is 0.862 bits per heavy atom. The van der Waals surface area contributed by atoms with Gasteiger partial charge in [-0.3, -0.25) is 14.5 Å². The molecular weight excluding hydrogens is 379 g/mol. The molecule has 0 rings (SSSR count). The molecule has 0 aliphatic heterocycles. The average Bonchev–Trinajstić information content (AvgIpc) is 2.64. The van der Waals surface area contributed by atoms with E-state index in [1.807, 2.05) is 0 Å². The zero-order chi connectivity index (χ0) is 21.0. The number of carbonyl (C=O) groups excluding carboxylic acids is 1. The number of rotatable bonds is 20. The molecule has 0 aromatic rings. The van der Waals surface area contributed by atoms with Crippen LogP contribution in [0.25, 0.3) is 0 Å². The first-order valence-electron chi connectivity index (χ1n) is 11.4. The fourth-order valence-electron chi connectivity index (χ4n) is 3.30. The first kappa shape index (κ1) is 31.0. The van der Waals surface area contributed by atoms with Crippen molar-refractivity contribution >= 4 is 41.4 Å². The van der Waals surface area contributed by atoms with Crippen molar-refractivity contribution in [3.8, 4) is 0 Å². The number of nitrogens with zero attached hydrogens (tertiary/aromatic N) is 1. The third kappa shape index (κ3) is 22.4. The van der Waals surface area contributed by atoms with Crippen LogP contribution in [0.3, 0.4) is 0 Å². The summed E-state index contributed by atoms with van der Waals surface area (Å²) in [6.45, 7) is 4.23. The monoisotopic (exact) mass is 424 g/mol. The third-order valence-corrected chi connectivity index (χ3v) is 5.10. The second-order valence-electron chi connectivity index (χ2n) is 7.84. The Morgan fingerprint density at radius 2 is 1.31 bits per heavy atom. The molecular formula is C22H45N2NaO4. The molecule has 6 nitrogen and oxygen atoms in total. The van der Waals surface area contributed by atoms with Crippen molar-refractivity contribution in [1.82, 2.24) is 10.2 Å². The Morgan fingerprint density at radius 3 is 1.72 bits per heavy atom. The van der Waals surface area contributed by atoms with Crippen LogP contribution >= 0.6 is 0 Å². The topological polar surface area (TPSA) is 89.9 Å². The molecule has 0 bridgehead atoms.